The summed E-state index contributed by atoms with van der Waals surface area (Å²) in [5, 5.41) is 9.01. The van der Waals surface area contributed by atoms with Crippen LogP contribution in [-0.2, 0) is 26.7 Å². The smallest absolute Gasteiger partial charge is 0.416 e. The average molecular weight is 353 g/mol. The predicted octanol–water partition coefficient (Wildman–Crippen LogP) is 2.77. The second-order valence-electron chi connectivity index (χ2n) is 5.06. The molecule has 0 aliphatic carbocycles. The number of nitrogens with one attached hydrogen (secondary N) is 1. The molecule has 1 rings (SSSR count). The van der Waals surface area contributed by atoms with Gasteiger partial charge in [-0.2, -0.15) is 13.2 Å². The highest BCUT2D eigenvalue weighted by atomic mass is 32.2. The van der Waals surface area contributed by atoms with Crippen LogP contribution in [0.3, 0.4) is 0 Å². The fraction of sp³-hybridized carbons (Fsp3) is 0.500. The molecule has 0 heterocycles. The number of sulfonamides is 1. The summed E-state index contributed by atoms with van der Waals surface area (Å²) in [5.74, 6) is -2.29. The third-order valence-electron chi connectivity index (χ3n) is 3.13. The van der Waals surface area contributed by atoms with Crippen LogP contribution < -0.4 is 4.72 Å². The van der Waals surface area contributed by atoms with Crippen molar-refractivity contribution in [2.75, 3.05) is 0 Å². The van der Waals surface area contributed by atoms with Crippen LogP contribution >= 0.6 is 0 Å². The SMILES string of the molecule is CCCCC(NS(=O)(=O)Cc1ccccc1C(F)(F)F)C(=O)O. The number of benzene rings is 1. The van der Waals surface area contributed by atoms with E-state index in [0.29, 0.717) is 12.8 Å². The summed E-state index contributed by atoms with van der Waals surface area (Å²) < 4.78 is 64.6. The number of carboxylic acids is 1. The molecule has 0 radical (unpaired) electrons. The minimum absolute atomic E-state index is 0.0754. The highest BCUT2D eigenvalue weighted by Crippen LogP contribution is 2.32. The van der Waals surface area contributed by atoms with Gasteiger partial charge in [0.1, 0.15) is 6.04 Å². The van der Waals surface area contributed by atoms with Crippen molar-refractivity contribution in [1.29, 1.82) is 0 Å². The maximum atomic E-state index is 12.9. The maximum Gasteiger partial charge on any atom is 0.416 e. The second-order valence-corrected chi connectivity index (χ2v) is 6.82. The minimum atomic E-state index is -4.68. The van der Waals surface area contributed by atoms with Crippen molar-refractivity contribution in [3.05, 3.63) is 35.4 Å². The number of carboxylic acid groups (broad SMARTS) is 1. The molecule has 9 heteroatoms. The second kappa shape index (κ2) is 7.78. The van der Waals surface area contributed by atoms with Crippen molar-refractivity contribution in [3.63, 3.8) is 0 Å². The standard InChI is InChI=1S/C14H18F3NO4S/c1-2-3-8-12(13(19)20)18-23(21,22)9-10-6-4-5-7-11(10)14(15,16)17/h4-7,12,18H,2-3,8-9H2,1H3,(H,19,20). The molecule has 1 atom stereocenters. The number of carbonyl (C=O) groups is 1. The van der Waals surface area contributed by atoms with Crippen molar-refractivity contribution in [2.45, 2.75) is 44.2 Å². The van der Waals surface area contributed by atoms with E-state index in [4.69, 9.17) is 5.11 Å². The van der Waals surface area contributed by atoms with Crippen LogP contribution in [0.4, 0.5) is 13.2 Å². The van der Waals surface area contributed by atoms with Crippen LogP contribution in [0.25, 0.3) is 0 Å². The van der Waals surface area contributed by atoms with Gasteiger partial charge in [-0.15, -0.1) is 0 Å². The molecule has 1 aromatic rings. The van der Waals surface area contributed by atoms with Gasteiger partial charge in [0.2, 0.25) is 10.0 Å². The quantitative estimate of drug-likeness (QED) is 0.753. The third kappa shape index (κ3) is 6.19. The Kier molecular flexibility index (Phi) is 6.57. The summed E-state index contributed by atoms with van der Waals surface area (Å²) in [7, 11) is -4.22. The number of alkyl halides is 3. The molecule has 5 nitrogen and oxygen atoms in total. The Labute approximate surface area is 132 Å². The first kappa shape index (κ1) is 19.4. The summed E-state index contributed by atoms with van der Waals surface area (Å²) in [4.78, 5) is 11.1. The number of unbranched alkanes of at least 4 members (excludes halogenated alkanes) is 1. The summed E-state index contributed by atoms with van der Waals surface area (Å²) in [6.45, 7) is 1.81. The molecule has 0 amide bonds. The fourth-order valence-corrected chi connectivity index (χ4v) is 3.42. The molecule has 1 unspecified atom stereocenters. The number of rotatable bonds is 8. The molecule has 0 saturated heterocycles. The molecule has 1 aromatic carbocycles. The van der Waals surface area contributed by atoms with Gasteiger partial charge in [0.05, 0.1) is 11.3 Å². The normalized spacial score (nSPS) is 13.7. The van der Waals surface area contributed by atoms with Crippen LogP contribution in [0, 0.1) is 0 Å². The summed E-state index contributed by atoms with van der Waals surface area (Å²) in [5.41, 5.74) is -1.47. The highest BCUT2D eigenvalue weighted by molar-refractivity contribution is 7.88. The van der Waals surface area contributed by atoms with E-state index in [2.05, 4.69) is 0 Å². The van der Waals surface area contributed by atoms with Crippen molar-refractivity contribution in [1.82, 2.24) is 4.72 Å². The largest absolute Gasteiger partial charge is 0.480 e. The first-order valence-corrected chi connectivity index (χ1v) is 8.60. The van der Waals surface area contributed by atoms with Crippen LogP contribution in [0.2, 0.25) is 0 Å². The Hall–Kier alpha value is -1.61. The average Bonchev–Trinajstić information content (AvgIpc) is 2.42. The number of aliphatic carboxylic acids is 1. The number of hydrogen-bond acceptors (Lipinski definition) is 3. The van der Waals surface area contributed by atoms with E-state index in [1.54, 1.807) is 0 Å². The maximum absolute atomic E-state index is 12.9. The van der Waals surface area contributed by atoms with Gasteiger partial charge >= 0.3 is 12.1 Å². The van der Waals surface area contributed by atoms with Gasteiger partial charge < -0.3 is 5.11 Å². The lowest BCUT2D eigenvalue weighted by Crippen LogP contribution is -2.41. The number of hydrogen-bond donors (Lipinski definition) is 2. The van der Waals surface area contributed by atoms with E-state index >= 15 is 0 Å². The van der Waals surface area contributed by atoms with Gasteiger partial charge in [0.15, 0.2) is 0 Å². The highest BCUT2D eigenvalue weighted by Gasteiger charge is 2.34. The van der Waals surface area contributed by atoms with Crippen LogP contribution in [0.1, 0.15) is 37.3 Å². The minimum Gasteiger partial charge on any atom is -0.480 e. The van der Waals surface area contributed by atoms with Gasteiger partial charge in [0.25, 0.3) is 0 Å². The van der Waals surface area contributed by atoms with Crippen LogP contribution in [-0.4, -0.2) is 25.5 Å². The summed E-state index contributed by atoms with van der Waals surface area (Å²) in [6, 6.07) is 2.96. The molecule has 0 saturated carbocycles. The Bertz CT molecular complexity index is 644. The molecule has 130 valence electrons. The number of halogens is 3. The van der Waals surface area contributed by atoms with Gasteiger partial charge in [0, 0.05) is 0 Å². The van der Waals surface area contributed by atoms with E-state index in [1.807, 2.05) is 11.6 Å². The molecular formula is C14H18F3NO4S. The van der Waals surface area contributed by atoms with E-state index in [-0.39, 0.29) is 6.42 Å². The zero-order chi connectivity index (χ0) is 17.7. The lowest BCUT2D eigenvalue weighted by molar-refractivity contribution is -0.139. The fourth-order valence-electron chi connectivity index (χ4n) is 2.03. The zero-order valence-corrected chi connectivity index (χ0v) is 13.2. The topological polar surface area (TPSA) is 83.5 Å². The van der Waals surface area contributed by atoms with E-state index in [1.165, 1.54) is 6.07 Å². The van der Waals surface area contributed by atoms with E-state index in [0.717, 1.165) is 18.2 Å². The molecule has 0 fully saturated rings. The van der Waals surface area contributed by atoms with Crippen molar-refractivity contribution in [3.8, 4) is 0 Å². The van der Waals surface area contributed by atoms with E-state index in [9.17, 15) is 26.4 Å². The van der Waals surface area contributed by atoms with Crippen LogP contribution in [0.5, 0.6) is 0 Å². The van der Waals surface area contributed by atoms with Crippen molar-refractivity contribution in [2.24, 2.45) is 0 Å². The van der Waals surface area contributed by atoms with Crippen molar-refractivity contribution >= 4 is 16.0 Å². The lowest BCUT2D eigenvalue weighted by atomic mass is 10.1. The van der Waals surface area contributed by atoms with E-state index < -0.39 is 45.1 Å². The molecule has 0 aliphatic heterocycles. The first-order chi connectivity index (χ1) is 10.6. The van der Waals surface area contributed by atoms with Crippen molar-refractivity contribution < 1.29 is 31.5 Å². The molecule has 0 spiro atoms. The van der Waals surface area contributed by atoms with Gasteiger partial charge in [-0.25, -0.2) is 13.1 Å². The molecular weight excluding hydrogens is 335 g/mol. The first-order valence-electron chi connectivity index (χ1n) is 6.94. The van der Waals surface area contributed by atoms with Crippen LogP contribution in [0.15, 0.2) is 24.3 Å². The Balaban J connectivity index is 2.97. The third-order valence-corrected chi connectivity index (χ3v) is 4.47. The lowest BCUT2D eigenvalue weighted by Gasteiger charge is -2.16. The van der Waals surface area contributed by atoms with Gasteiger partial charge in [-0.3, -0.25) is 4.79 Å². The Morgan fingerprint density at radius 3 is 2.43 bits per heavy atom. The molecule has 0 aromatic heterocycles. The Morgan fingerprint density at radius 1 is 1.30 bits per heavy atom. The molecule has 23 heavy (non-hydrogen) atoms. The summed E-state index contributed by atoms with van der Waals surface area (Å²) >= 11 is 0. The zero-order valence-electron chi connectivity index (χ0n) is 12.4. The molecule has 2 N–H and O–H groups in total. The predicted molar refractivity (Wildman–Crippen MR) is 78.2 cm³/mol. The van der Waals surface area contributed by atoms with Gasteiger partial charge in [-0.05, 0) is 18.1 Å². The Morgan fingerprint density at radius 2 is 1.91 bits per heavy atom. The summed E-state index contributed by atoms with van der Waals surface area (Å²) in [6.07, 6.45) is -3.45. The molecule has 0 bridgehead atoms. The monoisotopic (exact) mass is 353 g/mol. The molecule has 0 aliphatic rings. The van der Waals surface area contributed by atoms with Gasteiger partial charge in [-0.1, -0.05) is 38.0 Å².